The molecular formula is C13H16N2O6. The van der Waals surface area contributed by atoms with E-state index in [0.717, 1.165) is 0 Å². The number of benzene rings is 1. The summed E-state index contributed by atoms with van der Waals surface area (Å²) < 4.78 is 4.96. The van der Waals surface area contributed by atoms with Crippen molar-refractivity contribution in [3.63, 3.8) is 0 Å². The van der Waals surface area contributed by atoms with E-state index in [1.807, 2.05) is 0 Å². The molecule has 1 aromatic carbocycles. The molecule has 1 amide bonds. The molecule has 0 bridgehead atoms. The number of nitro groups is 1. The standard InChI is InChI=1S/C13H16N2O6/c1-8-10(4-3-5-11(8)15(19)20)12(16)14-6-7-21-9(2)13(17)18/h3-5,9H,6-7H2,1-2H3,(H,14,16)(H,17,18). The molecule has 8 nitrogen and oxygen atoms in total. The number of ether oxygens (including phenoxy) is 1. The zero-order valence-corrected chi connectivity index (χ0v) is 11.7. The Morgan fingerprint density at radius 1 is 1.48 bits per heavy atom. The highest BCUT2D eigenvalue weighted by Crippen LogP contribution is 2.20. The number of hydrogen-bond acceptors (Lipinski definition) is 5. The Morgan fingerprint density at radius 3 is 2.71 bits per heavy atom. The molecule has 0 heterocycles. The van der Waals surface area contributed by atoms with Crippen LogP contribution in [0, 0.1) is 17.0 Å². The summed E-state index contributed by atoms with van der Waals surface area (Å²) in [6.45, 7) is 3.02. The molecule has 0 radical (unpaired) electrons. The Kier molecular flexibility index (Phi) is 5.79. The first-order valence-corrected chi connectivity index (χ1v) is 6.21. The zero-order valence-electron chi connectivity index (χ0n) is 11.7. The van der Waals surface area contributed by atoms with Crippen LogP contribution in [0.15, 0.2) is 18.2 Å². The predicted octanol–water partition coefficient (Wildman–Crippen LogP) is 1.12. The lowest BCUT2D eigenvalue weighted by molar-refractivity contribution is -0.385. The number of carbonyl (C=O) groups excluding carboxylic acids is 1. The van der Waals surface area contributed by atoms with Gasteiger partial charge in [0.1, 0.15) is 0 Å². The van der Waals surface area contributed by atoms with Crippen LogP contribution >= 0.6 is 0 Å². The molecule has 1 atom stereocenters. The van der Waals surface area contributed by atoms with E-state index in [1.165, 1.54) is 32.0 Å². The molecule has 0 saturated heterocycles. The van der Waals surface area contributed by atoms with Gasteiger partial charge in [0.25, 0.3) is 11.6 Å². The van der Waals surface area contributed by atoms with Crippen molar-refractivity contribution < 1.29 is 24.4 Å². The van der Waals surface area contributed by atoms with Crippen LogP contribution in [0.5, 0.6) is 0 Å². The molecule has 0 aromatic heterocycles. The Bertz CT molecular complexity index is 558. The molecule has 2 N–H and O–H groups in total. The van der Waals surface area contributed by atoms with Gasteiger partial charge < -0.3 is 15.2 Å². The summed E-state index contributed by atoms with van der Waals surface area (Å²) in [6, 6.07) is 4.24. The van der Waals surface area contributed by atoms with Crippen LogP contribution in [0.25, 0.3) is 0 Å². The summed E-state index contributed by atoms with van der Waals surface area (Å²) in [5.74, 6) is -1.56. The van der Waals surface area contributed by atoms with E-state index < -0.39 is 22.9 Å². The van der Waals surface area contributed by atoms with Crippen LogP contribution < -0.4 is 5.32 Å². The van der Waals surface area contributed by atoms with Crippen molar-refractivity contribution in [2.75, 3.05) is 13.2 Å². The average Bonchev–Trinajstić information content (AvgIpc) is 2.42. The molecule has 0 saturated carbocycles. The summed E-state index contributed by atoms with van der Waals surface area (Å²) in [4.78, 5) is 32.7. The van der Waals surface area contributed by atoms with Gasteiger partial charge in [0.15, 0.2) is 6.10 Å². The van der Waals surface area contributed by atoms with E-state index >= 15 is 0 Å². The number of hydrogen-bond donors (Lipinski definition) is 2. The van der Waals surface area contributed by atoms with Gasteiger partial charge in [-0.1, -0.05) is 6.07 Å². The highest BCUT2D eigenvalue weighted by Gasteiger charge is 2.17. The van der Waals surface area contributed by atoms with Crippen molar-refractivity contribution in [1.82, 2.24) is 5.32 Å². The molecule has 1 unspecified atom stereocenters. The fourth-order valence-electron chi connectivity index (χ4n) is 1.63. The number of nitro benzene ring substituents is 1. The van der Waals surface area contributed by atoms with Gasteiger partial charge in [-0.3, -0.25) is 14.9 Å². The van der Waals surface area contributed by atoms with Gasteiger partial charge in [-0.05, 0) is 19.9 Å². The molecule has 8 heteroatoms. The molecule has 0 aliphatic rings. The molecule has 0 aliphatic carbocycles. The van der Waals surface area contributed by atoms with E-state index in [0.29, 0.717) is 0 Å². The number of amides is 1. The normalized spacial score (nSPS) is 11.7. The fourth-order valence-corrected chi connectivity index (χ4v) is 1.63. The van der Waals surface area contributed by atoms with Crippen molar-refractivity contribution >= 4 is 17.6 Å². The molecule has 114 valence electrons. The van der Waals surface area contributed by atoms with E-state index in [-0.39, 0.29) is 30.0 Å². The Hall–Kier alpha value is -2.48. The number of carbonyl (C=O) groups is 2. The maximum atomic E-state index is 11.9. The van der Waals surface area contributed by atoms with E-state index in [4.69, 9.17) is 9.84 Å². The van der Waals surface area contributed by atoms with Crippen LogP contribution in [0.2, 0.25) is 0 Å². The molecule has 0 spiro atoms. The minimum atomic E-state index is -1.09. The second kappa shape index (κ2) is 7.34. The van der Waals surface area contributed by atoms with Gasteiger partial charge in [-0.25, -0.2) is 4.79 Å². The summed E-state index contributed by atoms with van der Waals surface area (Å²) in [5, 5.41) is 21.9. The third-order valence-electron chi connectivity index (χ3n) is 2.85. The second-order valence-corrected chi connectivity index (χ2v) is 4.31. The molecular weight excluding hydrogens is 280 g/mol. The van der Waals surface area contributed by atoms with E-state index in [1.54, 1.807) is 0 Å². The lowest BCUT2D eigenvalue weighted by Gasteiger charge is -2.10. The summed E-state index contributed by atoms with van der Waals surface area (Å²) in [7, 11) is 0. The van der Waals surface area contributed by atoms with Gasteiger partial charge >= 0.3 is 5.97 Å². The van der Waals surface area contributed by atoms with Crippen molar-refractivity contribution in [2.24, 2.45) is 0 Å². The van der Waals surface area contributed by atoms with Gasteiger partial charge in [0.05, 0.1) is 11.5 Å². The second-order valence-electron chi connectivity index (χ2n) is 4.31. The highest BCUT2D eigenvalue weighted by atomic mass is 16.6. The topological polar surface area (TPSA) is 119 Å². The lowest BCUT2D eigenvalue weighted by Crippen LogP contribution is -2.30. The average molecular weight is 296 g/mol. The van der Waals surface area contributed by atoms with Crippen LogP contribution in [0.4, 0.5) is 5.69 Å². The maximum absolute atomic E-state index is 11.9. The Morgan fingerprint density at radius 2 is 2.14 bits per heavy atom. The Labute approximate surface area is 120 Å². The van der Waals surface area contributed by atoms with Crippen LogP contribution in [-0.2, 0) is 9.53 Å². The highest BCUT2D eigenvalue weighted by molar-refractivity contribution is 5.96. The molecule has 21 heavy (non-hydrogen) atoms. The van der Waals surface area contributed by atoms with Gasteiger partial charge in [0.2, 0.25) is 0 Å². The summed E-state index contributed by atoms with van der Waals surface area (Å²) in [5.41, 5.74) is 0.355. The SMILES string of the molecule is Cc1c(C(=O)NCCOC(C)C(=O)O)cccc1[N+](=O)[O-]. The van der Waals surface area contributed by atoms with Gasteiger partial charge in [-0.2, -0.15) is 0 Å². The first-order valence-electron chi connectivity index (χ1n) is 6.21. The first-order chi connectivity index (χ1) is 9.84. The first kappa shape index (κ1) is 16.6. The molecule has 1 aromatic rings. The number of nitrogens with one attached hydrogen (secondary N) is 1. The van der Waals surface area contributed by atoms with Crippen LogP contribution in [0.3, 0.4) is 0 Å². The lowest BCUT2D eigenvalue weighted by atomic mass is 10.1. The largest absolute Gasteiger partial charge is 0.479 e. The quantitative estimate of drug-likeness (QED) is 0.442. The fraction of sp³-hybridized carbons (Fsp3) is 0.385. The van der Waals surface area contributed by atoms with Gasteiger partial charge in [-0.15, -0.1) is 0 Å². The number of carboxylic acids is 1. The molecule has 1 rings (SSSR count). The number of nitrogens with zero attached hydrogens (tertiary/aromatic N) is 1. The number of rotatable bonds is 7. The number of carboxylic acid groups (broad SMARTS) is 1. The van der Waals surface area contributed by atoms with Gasteiger partial charge in [0, 0.05) is 23.7 Å². The van der Waals surface area contributed by atoms with Crippen LogP contribution in [-0.4, -0.2) is 41.2 Å². The number of aliphatic carboxylic acids is 1. The van der Waals surface area contributed by atoms with E-state index in [2.05, 4.69) is 5.32 Å². The summed E-state index contributed by atoms with van der Waals surface area (Å²) in [6.07, 6.45) is -0.957. The minimum absolute atomic E-state index is 0.0349. The van der Waals surface area contributed by atoms with Crippen molar-refractivity contribution in [1.29, 1.82) is 0 Å². The zero-order chi connectivity index (χ0) is 16.0. The van der Waals surface area contributed by atoms with Crippen molar-refractivity contribution in [3.8, 4) is 0 Å². The van der Waals surface area contributed by atoms with Crippen molar-refractivity contribution in [3.05, 3.63) is 39.4 Å². The van der Waals surface area contributed by atoms with Crippen molar-refractivity contribution in [2.45, 2.75) is 20.0 Å². The minimum Gasteiger partial charge on any atom is -0.479 e. The van der Waals surface area contributed by atoms with Crippen LogP contribution in [0.1, 0.15) is 22.8 Å². The third kappa shape index (κ3) is 4.53. The predicted molar refractivity (Wildman–Crippen MR) is 73.2 cm³/mol. The smallest absolute Gasteiger partial charge is 0.332 e. The third-order valence-corrected chi connectivity index (χ3v) is 2.85. The monoisotopic (exact) mass is 296 g/mol. The maximum Gasteiger partial charge on any atom is 0.332 e. The van der Waals surface area contributed by atoms with E-state index in [9.17, 15) is 19.7 Å². The Balaban J connectivity index is 2.59. The summed E-state index contributed by atoms with van der Waals surface area (Å²) >= 11 is 0. The molecule has 0 fully saturated rings. The molecule has 0 aliphatic heterocycles.